The average Bonchev–Trinajstić information content (AvgIpc) is 2.35. The van der Waals surface area contributed by atoms with Gasteiger partial charge < -0.3 is 10.5 Å². The van der Waals surface area contributed by atoms with Crippen molar-refractivity contribution in [1.82, 2.24) is 5.32 Å². The Hall–Kier alpha value is -2.25. The summed E-state index contributed by atoms with van der Waals surface area (Å²) in [5.41, 5.74) is 0.926. The maximum Gasteiger partial charge on any atom is 0.409 e. The van der Waals surface area contributed by atoms with Gasteiger partial charge in [-0.05, 0) is 18.6 Å². The predicted octanol–water partition coefficient (Wildman–Crippen LogP) is 1.17. The minimum Gasteiger partial charge on any atom is -0.350 e. The fraction of sp³-hybridized carbons (Fsp3) is 0.333. The highest BCUT2D eigenvalue weighted by Gasteiger charge is 2.22. The maximum atomic E-state index is 11.8. The molecule has 0 aliphatic rings. The quantitative estimate of drug-likeness (QED) is 0.330. The molecule has 1 heterocycles. The SMILES string of the molecule is Cc1cc[n+](O)c(NCCNC(=O)/C=C/C(F)(F)F)c1. The molecule has 0 spiro atoms. The number of pyridine rings is 1. The molecule has 0 saturated heterocycles. The summed E-state index contributed by atoms with van der Waals surface area (Å²) in [6, 6.07) is 3.39. The molecular weight excluding hydrogens is 275 g/mol. The van der Waals surface area contributed by atoms with Crippen molar-refractivity contribution in [3.63, 3.8) is 0 Å². The van der Waals surface area contributed by atoms with Gasteiger partial charge in [-0.3, -0.25) is 10.1 Å². The Bertz CT molecular complexity index is 501. The lowest BCUT2D eigenvalue weighted by Gasteiger charge is -2.03. The number of anilines is 1. The normalized spacial score (nSPS) is 11.6. The van der Waals surface area contributed by atoms with Gasteiger partial charge in [-0.1, -0.05) is 4.73 Å². The van der Waals surface area contributed by atoms with E-state index in [4.69, 9.17) is 0 Å². The summed E-state index contributed by atoms with van der Waals surface area (Å²) in [5, 5.41) is 14.6. The topological polar surface area (TPSA) is 65.2 Å². The van der Waals surface area contributed by atoms with Crippen molar-refractivity contribution in [2.75, 3.05) is 18.4 Å². The highest BCUT2D eigenvalue weighted by molar-refractivity contribution is 5.87. The van der Waals surface area contributed by atoms with Gasteiger partial charge in [0.2, 0.25) is 5.91 Å². The Morgan fingerprint density at radius 2 is 2.15 bits per heavy atom. The molecule has 5 nitrogen and oxygen atoms in total. The number of hydrogen-bond acceptors (Lipinski definition) is 3. The van der Waals surface area contributed by atoms with Gasteiger partial charge in [-0.25, -0.2) is 0 Å². The number of amides is 1. The Kier molecular flexibility index (Phi) is 5.36. The maximum absolute atomic E-state index is 11.8. The van der Waals surface area contributed by atoms with E-state index in [0.717, 1.165) is 10.3 Å². The second-order valence-corrected chi connectivity index (χ2v) is 4.03. The number of carbonyl (C=O) groups excluding carboxylic acids is 1. The van der Waals surface area contributed by atoms with Gasteiger partial charge in [-0.2, -0.15) is 13.2 Å². The van der Waals surface area contributed by atoms with Gasteiger partial charge in [0.15, 0.2) is 0 Å². The van der Waals surface area contributed by atoms with Crippen LogP contribution < -0.4 is 15.4 Å². The Morgan fingerprint density at radius 1 is 1.45 bits per heavy atom. The van der Waals surface area contributed by atoms with E-state index in [1.165, 1.54) is 6.20 Å². The summed E-state index contributed by atoms with van der Waals surface area (Å²) < 4.78 is 36.3. The van der Waals surface area contributed by atoms with Gasteiger partial charge in [0.05, 0.1) is 6.54 Å². The molecule has 1 aromatic heterocycles. The van der Waals surface area contributed by atoms with Crippen LogP contribution in [0.1, 0.15) is 5.56 Å². The number of aromatic nitrogens is 1. The number of nitrogens with one attached hydrogen (secondary N) is 2. The van der Waals surface area contributed by atoms with Crippen molar-refractivity contribution in [1.29, 1.82) is 0 Å². The highest BCUT2D eigenvalue weighted by atomic mass is 19.4. The minimum atomic E-state index is -4.50. The van der Waals surface area contributed by atoms with Gasteiger partial charge in [0.1, 0.15) is 12.7 Å². The van der Waals surface area contributed by atoms with Crippen LogP contribution in [0.3, 0.4) is 0 Å². The Labute approximate surface area is 113 Å². The van der Waals surface area contributed by atoms with Gasteiger partial charge >= 0.3 is 12.0 Å². The highest BCUT2D eigenvalue weighted by Crippen LogP contribution is 2.15. The van der Waals surface area contributed by atoms with Crippen LogP contribution in [0.25, 0.3) is 0 Å². The molecule has 3 N–H and O–H groups in total. The van der Waals surface area contributed by atoms with E-state index in [1.807, 2.05) is 6.92 Å². The number of carbonyl (C=O) groups is 1. The molecule has 0 saturated carbocycles. The lowest BCUT2D eigenvalue weighted by atomic mass is 10.3. The first-order chi connectivity index (χ1) is 9.28. The summed E-state index contributed by atoms with van der Waals surface area (Å²) in [6.07, 6.45) is -2.75. The molecule has 0 aromatic carbocycles. The molecule has 1 aromatic rings. The van der Waals surface area contributed by atoms with Crippen molar-refractivity contribution < 1.29 is 27.9 Å². The molecule has 1 amide bonds. The zero-order chi connectivity index (χ0) is 15.2. The molecule has 0 aliphatic heterocycles. The van der Waals surface area contributed by atoms with Crippen molar-refractivity contribution in [3.05, 3.63) is 36.0 Å². The van der Waals surface area contributed by atoms with Crippen molar-refractivity contribution >= 4 is 11.7 Å². The first-order valence-corrected chi connectivity index (χ1v) is 5.77. The second kappa shape index (κ2) is 6.78. The van der Waals surface area contributed by atoms with Crippen LogP contribution in [0.2, 0.25) is 0 Å². The number of allylic oxidation sites excluding steroid dienone is 1. The molecule has 8 heteroatoms. The van der Waals surface area contributed by atoms with Gasteiger partial charge in [0, 0.05) is 18.2 Å². The summed E-state index contributed by atoms with van der Waals surface area (Å²) in [7, 11) is 0. The van der Waals surface area contributed by atoms with E-state index in [2.05, 4.69) is 10.6 Å². The molecule has 0 atom stereocenters. The summed E-state index contributed by atoms with van der Waals surface area (Å²) >= 11 is 0. The zero-order valence-electron chi connectivity index (χ0n) is 10.7. The van der Waals surface area contributed by atoms with Crippen LogP contribution in [-0.2, 0) is 4.79 Å². The van der Waals surface area contributed by atoms with E-state index in [0.29, 0.717) is 11.9 Å². The third-order valence-electron chi connectivity index (χ3n) is 2.24. The van der Waals surface area contributed by atoms with Gasteiger partial charge in [-0.15, -0.1) is 0 Å². The van der Waals surface area contributed by atoms with Crippen LogP contribution in [0.4, 0.5) is 19.0 Å². The number of alkyl halides is 3. The van der Waals surface area contributed by atoms with E-state index in [1.54, 1.807) is 12.1 Å². The molecule has 0 fully saturated rings. The molecule has 0 bridgehead atoms. The molecule has 0 radical (unpaired) electrons. The van der Waals surface area contributed by atoms with Crippen LogP contribution in [0.15, 0.2) is 30.5 Å². The Morgan fingerprint density at radius 3 is 2.80 bits per heavy atom. The van der Waals surface area contributed by atoms with Crippen LogP contribution in [0, 0.1) is 6.92 Å². The fourth-order valence-corrected chi connectivity index (χ4v) is 1.34. The number of nitrogens with zero attached hydrogens (tertiary/aromatic N) is 1. The van der Waals surface area contributed by atoms with Crippen molar-refractivity contribution in [2.24, 2.45) is 0 Å². The summed E-state index contributed by atoms with van der Waals surface area (Å²) in [5.74, 6) is -0.407. The molecule has 20 heavy (non-hydrogen) atoms. The van der Waals surface area contributed by atoms with E-state index < -0.39 is 12.1 Å². The summed E-state index contributed by atoms with van der Waals surface area (Å²) in [4.78, 5) is 11.0. The zero-order valence-corrected chi connectivity index (χ0v) is 10.7. The first-order valence-electron chi connectivity index (χ1n) is 5.77. The third kappa shape index (κ3) is 6.07. The number of rotatable bonds is 5. The number of halogens is 3. The largest absolute Gasteiger partial charge is 0.409 e. The number of hydrogen-bond donors (Lipinski definition) is 3. The molecule has 0 unspecified atom stereocenters. The third-order valence-corrected chi connectivity index (χ3v) is 2.24. The lowest BCUT2D eigenvalue weighted by molar-refractivity contribution is -0.893. The lowest BCUT2D eigenvalue weighted by Crippen LogP contribution is -2.36. The molecule has 1 rings (SSSR count). The smallest absolute Gasteiger partial charge is 0.350 e. The standard InChI is InChI=1S/C12H14F3N3O2/c1-9-3-7-18(20)10(8-9)16-5-6-17-11(19)2-4-12(13,14)15/h2-4,7-8,20H,5-6H2,1H3,(H,17,19)/p+1/b4-2+. The number of aryl methyl sites for hydroxylation is 1. The first kappa shape index (κ1) is 15.8. The fourth-order valence-electron chi connectivity index (χ4n) is 1.34. The van der Waals surface area contributed by atoms with Crippen LogP contribution in [0.5, 0.6) is 0 Å². The average molecular weight is 290 g/mol. The summed E-state index contributed by atoms with van der Waals surface area (Å²) in [6.45, 7) is 2.22. The van der Waals surface area contributed by atoms with Crippen LogP contribution in [-0.4, -0.2) is 30.4 Å². The molecule has 110 valence electrons. The second-order valence-electron chi connectivity index (χ2n) is 4.03. The molecule has 0 aliphatic carbocycles. The monoisotopic (exact) mass is 290 g/mol. The van der Waals surface area contributed by atoms with Crippen molar-refractivity contribution in [3.8, 4) is 0 Å². The van der Waals surface area contributed by atoms with Crippen molar-refractivity contribution in [2.45, 2.75) is 13.1 Å². The minimum absolute atomic E-state index is 0.120. The molecular formula is C12H15F3N3O2+. The van der Waals surface area contributed by atoms with Gasteiger partial charge in [0.25, 0.3) is 0 Å². The van der Waals surface area contributed by atoms with Crippen LogP contribution >= 0.6 is 0 Å². The Balaban J connectivity index is 2.33. The predicted molar refractivity (Wildman–Crippen MR) is 65.3 cm³/mol. The van der Waals surface area contributed by atoms with E-state index in [-0.39, 0.29) is 19.2 Å². The van der Waals surface area contributed by atoms with E-state index >= 15 is 0 Å². The van der Waals surface area contributed by atoms with E-state index in [9.17, 15) is 23.2 Å².